The fourth-order valence-corrected chi connectivity index (χ4v) is 3.63. The number of para-hydroxylation sites is 1. The van der Waals surface area contributed by atoms with Crippen LogP contribution in [0.2, 0.25) is 0 Å². The SMILES string of the molecule is COCCN1C(=O)C(=O)/C(=C(/O)c2ccc(OC(C)C)cc2)[C@@H]1c1ccccc1OC. The highest BCUT2D eigenvalue weighted by molar-refractivity contribution is 6.46. The number of amides is 1. The maximum Gasteiger partial charge on any atom is 0.295 e. The van der Waals surface area contributed by atoms with E-state index in [2.05, 4.69) is 0 Å². The minimum absolute atomic E-state index is 0.0103. The van der Waals surface area contributed by atoms with Crippen LogP contribution in [0.4, 0.5) is 0 Å². The molecule has 3 rings (SSSR count). The molecule has 0 radical (unpaired) electrons. The van der Waals surface area contributed by atoms with Gasteiger partial charge in [0.15, 0.2) is 0 Å². The van der Waals surface area contributed by atoms with Gasteiger partial charge in [-0.1, -0.05) is 18.2 Å². The second kappa shape index (κ2) is 9.66. The van der Waals surface area contributed by atoms with Gasteiger partial charge in [0, 0.05) is 24.8 Å². The number of carbonyl (C=O) groups is 2. The van der Waals surface area contributed by atoms with Crippen molar-refractivity contribution in [2.45, 2.75) is 26.0 Å². The van der Waals surface area contributed by atoms with E-state index in [1.54, 1.807) is 48.5 Å². The molecule has 1 aliphatic heterocycles. The Balaban J connectivity index is 2.12. The third kappa shape index (κ3) is 4.56. The molecule has 1 atom stereocenters. The van der Waals surface area contributed by atoms with Crippen LogP contribution < -0.4 is 9.47 Å². The second-order valence-electron chi connectivity index (χ2n) is 7.42. The number of aliphatic hydroxyl groups excluding tert-OH is 1. The van der Waals surface area contributed by atoms with Crippen molar-refractivity contribution in [3.8, 4) is 11.5 Å². The first-order chi connectivity index (χ1) is 14.9. The number of aliphatic hydroxyl groups is 1. The number of likely N-dealkylation sites (tertiary alicyclic amines) is 1. The van der Waals surface area contributed by atoms with E-state index in [0.717, 1.165) is 0 Å². The van der Waals surface area contributed by atoms with Crippen LogP contribution in [-0.2, 0) is 14.3 Å². The number of Topliss-reactive ketones (excluding diaryl/α,β-unsaturated/α-hetero) is 1. The smallest absolute Gasteiger partial charge is 0.295 e. The Morgan fingerprint density at radius 2 is 1.74 bits per heavy atom. The lowest BCUT2D eigenvalue weighted by Crippen LogP contribution is -2.32. The van der Waals surface area contributed by atoms with E-state index < -0.39 is 17.7 Å². The molecule has 7 heteroatoms. The largest absolute Gasteiger partial charge is 0.507 e. The molecular formula is C24H27NO6. The average Bonchev–Trinajstić information content (AvgIpc) is 3.01. The van der Waals surface area contributed by atoms with Crippen LogP contribution in [0.1, 0.15) is 31.0 Å². The molecule has 1 aliphatic rings. The molecule has 0 bridgehead atoms. The first-order valence-corrected chi connectivity index (χ1v) is 10.1. The van der Waals surface area contributed by atoms with Gasteiger partial charge in [-0.25, -0.2) is 0 Å². The molecule has 0 aromatic heterocycles. The van der Waals surface area contributed by atoms with Gasteiger partial charge in [0.25, 0.3) is 11.7 Å². The van der Waals surface area contributed by atoms with Crippen molar-refractivity contribution in [3.63, 3.8) is 0 Å². The average molecular weight is 425 g/mol. The number of hydrogen-bond acceptors (Lipinski definition) is 6. The van der Waals surface area contributed by atoms with E-state index in [4.69, 9.17) is 14.2 Å². The zero-order chi connectivity index (χ0) is 22.5. The minimum atomic E-state index is -0.794. The number of methoxy groups -OCH3 is 2. The van der Waals surface area contributed by atoms with Crippen LogP contribution in [0.5, 0.6) is 11.5 Å². The zero-order valence-electron chi connectivity index (χ0n) is 18.1. The normalized spacial score (nSPS) is 18.0. The summed E-state index contributed by atoms with van der Waals surface area (Å²) in [7, 11) is 3.04. The van der Waals surface area contributed by atoms with Crippen molar-refractivity contribution in [1.82, 2.24) is 4.90 Å². The Morgan fingerprint density at radius 3 is 2.35 bits per heavy atom. The maximum absolute atomic E-state index is 13.0. The quantitative estimate of drug-likeness (QED) is 0.396. The number of ether oxygens (including phenoxy) is 3. The van der Waals surface area contributed by atoms with E-state index in [1.165, 1.54) is 19.1 Å². The second-order valence-corrected chi connectivity index (χ2v) is 7.42. The number of nitrogens with zero attached hydrogens (tertiary/aromatic N) is 1. The first-order valence-electron chi connectivity index (χ1n) is 10.1. The summed E-state index contributed by atoms with van der Waals surface area (Å²) in [5.41, 5.74) is 1.05. The molecule has 1 saturated heterocycles. The van der Waals surface area contributed by atoms with E-state index in [-0.39, 0.29) is 30.6 Å². The molecule has 1 N–H and O–H groups in total. The molecule has 0 unspecified atom stereocenters. The number of rotatable bonds is 8. The lowest BCUT2D eigenvalue weighted by Gasteiger charge is -2.26. The van der Waals surface area contributed by atoms with Gasteiger partial charge in [-0.15, -0.1) is 0 Å². The molecule has 164 valence electrons. The van der Waals surface area contributed by atoms with Crippen LogP contribution >= 0.6 is 0 Å². The molecule has 1 fully saturated rings. The summed E-state index contributed by atoms with van der Waals surface area (Å²) < 4.78 is 16.2. The van der Waals surface area contributed by atoms with Crippen molar-refractivity contribution < 1.29 is 28.9 Å². The molecule has 0 aliphatic carbocycles. The molecule has 2 aromatic rings. The Kier molecular flexibility index (Phi) is 6.97. The highest BCUT2D eigenvalue weighted by Gasteiger charge is 2.46. The molecule has 0 saturated carbocycles. The first kappa shape index (κ1) is 22.4. The van der Waals surface area contributed by atoms with Crippen LogP contribution in [0.25, 0.3) is 5.76 Å². The van der Waals surface area contributed by atoms with Gasteiger partial charge >= 0.3 is 0 Å². The van der Waals surface area contributed by atoms with Crippen LogP contribution in [0, 0.1) is 0 Å². The molecular weight excluding hydrogens is 398 g/mol. The lowest BCUT2D eigenvalue weighted by atomic mass is 9.94. The maximum atomic E-state index is 13.0. The van der Waals surface area contributed by atoms with Gasteiger partial charge in [-0.2, -0.15) is 0 Å². The number of ketones is 1. The summed E-state index contributed by atoms with van der Waals surface area (Å²) >= 11 is 0. The summed E-state index contributed by atoms with van der Waals surface area (Å²) in [6, 6.07) is 13.1. The molecule has 7 nitrogen and oxygen atoms in total. The Labute approximate surface area is 181 Å². The van der Waals surface area contributed by atoms with Gasteiger partial charge < -0.3 is 24.2 Å². The molecule has 1 amide bonds. The minimum Gasteiger partial charge on any atom is -0.507 e. The van der Waals surface area contributed by atoms with Gasteiger partial charge in [0.1, 0.15) is 17.3 Å². The van der Waals surface area contributed by atoms with Gasteiger partial charge in [-0.05, 0) is 44.2 Å². The topological polar surface area (TPSA) is 85.3 Å². The molecule has 31 heavy (non-hydrogen) atoms. The van der Waals surface area contributed by atoms with Crippen molar-refractivity contribution in [3.05, 3.63) is 65.2 Å². The van der Waals surface area contributed by atoms with Crippen LogP contribution in [0.15, 0.2) is 54.1 Å². The molecule has 0 spiro atoms. The Bertz CT molecular complexity index is 980. The van der Waals surface area contributed by atoms with Crippen molar-refractivity contribution in [2.24, 2.45) is 0 Å². The van der Waals surface area contributed by atoms with Crippen molar-refractivity contribution in [2.75, 3.05) is 27.4 Å². The van der Waals surface area contributed by atoms with Gasteiger partial charge in [0.2, 0.25) is 0 Å². The summed E-state index contributed by atoms with van der Waals surface area (Å²) in [5.74, 6) is -0.511. The Hall–Kier alpha value is -3.32. The number of benzene rings is 2. The van der Waals surface area contributed by atoms with E-state index in [1.807, 2.05) is 13.8 Å². The summed E-state index contributed by atoms with van der Waals surface area (Å²) in [6.45, 7) is 4.28. The number of carbonyl (C=O) groups excluding carboxylic acids is 2. The Morgan fingerprint density at radius 1 is 1.06 bits per heavy atom. The standard InChI is InChI=1S/C24H27NO6/c1-15(2)31-17-11-9-16(10-12-17)22(26)20-21(18-7-5-6-8-19(18)30-4)25(13-14-29-3)24(28)23(20)27/h5-12,15,21,26H,13-14H2,1-4H3/b22-20+/t21-/m0/s1. The fourth-order valence-electron chi connectivity index (χ4n) is 3.63. The van der Waals surface area contributed by atoms with Crippen LogP contribution in [-0.4, -0.2) is 55.2 Å². The van der Waals surface area contributed by atoms with E-state index >= 15 is 0 Å². The summed E-state index contributed by atoms with van der Waals surface area (Å²) in [6.07, 6.45) is 0.0103. The fraction of sp³-hybridized carbons (Fsp3) is 0.333. The van der Waals surface area contributed by atoms with Crippen molar-refractivity contribution in [1.29, 1.82) is 0 Å². The summed E-state index contributed by atoms with van der Waals surface area (Å²) in [4.78, 5) is 27.2. The third-order valence-electron chi connectivity index (χ3n) is 5.01. The zero-order valence-corrected chi connectivity index (χ0v) is 18.1. The predicted octanol–water partition coefficient (Wildman–Crippen LogP) is 3.55. The van der Waals surface area contributed by atoms with Gasteiger partial charge in [0.05, 0.1) is 31.4 Å². The van der Waals surface area contributed by atoms with E-state index in [0.29, 0.717) is 22.6 Å². The van der Waals surface area contributed by atoms with Gasteiger partial charge in [-0.3, -0.25) is 9.59 Å². The predicted molar refractivity (Wildman–Crippen MR) is 116 cm³/mol. The number of hydrogen-bond donors (Lipinski definition) is 1. The lowest BCUT2D eigenvalue weighted by molar-refractivity contribution is -0.140. The molecule has 1 heterocycles. The highest BCUT2D eigenvalue weighted by Crippen LogP contribution is 2.42. The van der Waals surface area contributed by atoms with Crippen molar-refractivity contribution >= 4 is 17.4 Å². The van der Waals surface area contributed by atoms with E-state index in [9.17, 15) is 14.7 Å². The highest BCUT2D eigenvalue weighted by atomic mass is 16.5. The summed E-state index contributed by atoms with van der Waals surface area (Å²) in [5, 5.41) is 11.1. The third-order valence-corrected chi connectivity index (χ3v) is 5.01. The molecule has 2 aromatic carbocycles. The monoisotopic (exact) mass is 425 g/mol. The van der Waals surface area contributed by atoms with Crippen LogP contribution in [0.3, 0.4) is 0 Å².